The Labute approximate surface area is 82.6 Å². The lowest BCUT2D eigenvalue weighted by atomic mass is 10.0. The topological polar surface area (TPSA) is 32.9 Å². The first-order chi connectivity index (χ1) is 6.74. The number of rotatable bonds is 1. The second-order valence-electron chi connectivity index (χ2n) is 3.49. The molecule has 0 unspecified atom stereocenters. The van der Waals surface area contributed by atoms with Gasteiger partial charge >= 0.3 is 0 Å². The second kappa shape index (κ2) is 3.29. The van der Waals surface area contributed by atoms with E-state index >= 15 is 0 Å². The molecule has 2 aromatic rings. The minimum absolute atomic E-state index is 0.00954. The Bertz CT molecular complexity index is 525. The minimum Gasteiger partial charge on any atom is -0.328 e. The molecule has 2 nitrogen and oxygen atoms in total. The van der Waals surface area contributed by atoms with E-state index in [-0.39, 0.29) is 5.56 Å². The number of aromatic amines is 1. The van der Waals surface area contributed by atoms with E-state index in [1.54, 1.807) is 0 Å². The maximum absolute atomic E-state index is 11.6. The quantitative estimate of drug-likeness (QED) is 0.730. The van der Waals surface area contributed by atoms with Crippen LogP contribution >= 0.6 is 0 Å². The molecule has 0 aliphatic rings. The Morgan fingerprint density at radius 2 is 2.14 bits per heavy atom. The summed E-state index contributed by atoms with van der Waals surface area (Å²) in [6.45, 7) is 4.06. The summed E-state index contributed by atoms with van der Waals surface area (Å²) in [5.41, 5.74) is 2.25. The van der Waals surface area contributed by atoms with Crippen molar-refractivity contribution in [3.05, 3.63) is 45.9 Å². The molecule has 0 aliphatic heterocycles. The molecule has 0 bridgehead atoms. The largest absolute Gasteiger partial charge is 0.328 e. The van der Waals surface area contributed by atoms with E-state index in [0.29, 0.717) is 0 Å². The molecule has 0 saturated carbocycles. The van der Waals surface area contributed by atoms with E-state index in [0.717, 1.165) is 22.8 Å². The van der Waals surface area contributed by atoms with E-state index in [1.807, 2.05) is 31.3 Å². The van der Waals surface area contributed by atoms with Crippen molar-refractivity contribution in [2.75, 3.05) is 0 Å². The summed E-state index contributed by atoms with van der Waals surface area (Å²) >= 11 is 0. The molecule has 0 aliphatic carbocycles. The first-order valence-corrected chi connectivity index (χ1v) is 4.84. The van der Waals surface area contributed by atoms with Gasteiger partial charge in [0.1, 0.15) is 0 Å². The number of H-pyrrole nitrogens is 1. The smallest absolute Gasteiger partial charge is 0.256 e. The number of benzene rings is 1. The van der Waals surface area contributed by atoms with Crippen molar-refractivity contribution in [3.63, 3.8) is 0 Å². The van der Waals surface area contributed by atoms with E-state index in [9.17, 15) is 4.79 Å². The molecule has 1 N–H and O–H groups in total. The molecule has 0 radical (unpaired) electrons. The second-order valence-corrected chi connectivity index (χ2v) is 3.49. The average molecular weight is 187 g/mol. The van der Waals surface area contributed by atoms with Crippen LogP contribution in [0.2, 0.25) is 0 Å². The van der Waals surface area contributed by atoms with Crippen molar-refractivity contribution in [1.82, 2.24) is 4.98 Å². The van der Waals surface area contributed by atoms with Crippen LogP contribution in [-0.4, -0.2) is 4.98 Å². The lowest BCUT2D eigenvalue weighted by molar-refractivity contribution is 1.11. The zero-order chi connectivity index (χ0) is 10.1. The Kier molecular flexibility index (Phi) is 2.12. The highest BCUT2D eigenvalue weighted by Crippen LogP contribution is 2.17. The van der Waals surface area contributed by atoms with E-state index in [2.05, 4.69) is 11.9 Å². The van der Waals surface area contributed by atoms with Crippen LogP contribution in [0.5, 0.6) is 0 Å². The predicted molar refractivity (Wildman–Crippen MR) is 58.7 cm³/mol. The normalized spacial score (nSPS) is 10.7. The van der Waals surface area contributed by atoms with Crippen LogP contribution in [0.15, 0.2) is 29.2 Å². The number of hydrogen-bond donors (Lipinski definition) is 1. The summed E-state index contributed by atoms with van der Waals surface area (Å²) in [4.78, 5) is 14.4. The van der Waals surface area contributed by atoms with Gasteiger partial charge in [-0.3, -0.25) is 4.79 Å². The lowest BCUT2D eigenvalue weighted by Crippen LogP contribution is -2.08. The van der Waals surface area contributed by atoms with Gasteiger partial charge in [0.25, 0.3) is 5.56 Å². The molecular formula is C12H13NO. The number of fused-ring (bicyclic) bond motifs is 1. The third-order valence-electron chi connectivity index (χ3n) is 2.60. The third-order valence-corrected chi connectivity index (χ3v) is 2.60. The zero-order valence-corrected chi connectivity index (χ0v) is 8.42. The molecule has 0 atom stereocenters. The van der Waals surface area contributed by atoms with Gasteiger partial charge in [0.2, 0.25) is 0 Å². The van der Waals surface area contributed by atoms with Crippen molar-refractivity contribution >= 4 is 10.8 Å². The molecule has 72 valence electrons. The van der Waals surface area contributed by atoms with Gasteiger partial charge in [0.05, 0.1) is 5.39 Å². The van der Waals surface area contributed by atoms with Crippen LogP contribution < -0.4 is 5.56 Å². The number of pyridine rings is 1. The highest BCUT2D eigenvalue weighted by Gasteiger charge is 2.04. The Hall–Kier alpha value is -1.57. The highest BCUT2D eigenvalue weighted by molar-refractivity contribution is 5.87. The average Bonchev–Trinajstić information content (AvgIpc) is 2.18. The van der Waals surface area contributed by atoms with Gasteiger partial charge < -0.3 is 4.98 Å². The van der Waals surface area contributed by atoms with Crippen LogP contribution in [0.1, 0.15) is 18.1 Å². The maximum atomic E-state index is 11.6. The van der Waals surface area contributed by atoms with Crippen molar-refractivity contribution in [2.45, 2.75) is 20.3 Å². The number of nitrogens with one attached hydrogen (secondary N) is 1. The fourth-order valence-electron chi connectivity index (χ4n) is 1.83. The van der Waals surface area contributed by atoms with Crippen molar-refractivity contribution in [1.29, 1.82) is 0 Å². The van der Waals surface area contributed by atoms with Gasteiger partial charge in [-0.05, 0) is 29.9 Å². The lowest BCUT2D eigenvalue weighted by Gasteiger charge is -2.04. The molecular weight excluding hydrogens is 174 g/mol. The summed E-state index contributed by atoms with van der Waals surface area (Å²) in [7, 11) is 0. The van der Waals surface area contributed by atoms with E-state index in [1.165, 1.54) is 5.56 Å². The van der Waals surface area contributed by atoms with Gasteiger partial charge in [0.15, 0.2) is 0 Å². The third kappa shape index (κ3) is 1.23. The van der Waals surface area contributed by atoms with Gasteiger partial charge in [-0.2, -0.15) is 0 Å². The SMILES string of the molecule is CCc1c[nH]c(=O)c2c(C)cccc12. The summed E-state index contributed by atoms with van der Waals surface area (Å²) in [5.74, 6) is 0. The Balaban J connectivity index is 2.99. The molecule has 1 aromatic carbocycles. The van der Waals surface area contributed by atoms with Crippen molar-refractivity contribution < 1.29 is 0 Å². The summed E-state index contributed by atoms with van der Waals surface area (Å²) < 4.78 is 0. The summed E-state index contributed by atoms with van der Waals surface area (Å²) in [6.07, 6.45) is 2.75. The Morgan fingerprint density at radius 1 is 1.36 bits per heavy atom. The number of aromatic nitrogens is 1. The molecule has 14 heavy (non-hydrogen) atoms. The first kappa shape index (κ1) is 9.00. The van der Waals surface area contributed by atoms with Gasteiger partial charge in [-0.25, -0.2) is 0 Å². The van der Waals surface area contributed by atoms with E-state index < -0.39 is 0 Å². The van der Waals surface area contributed by atoms with E-state index in [4.69, 9.17) is 0 Å². The first-order valence-electron chi connectivity index (χ1n) is 4.84. The molecule has 0 spiro atoms. The molecule has 2 rings (SSSR count). The van der Waals surface area contributed by atoms with Crippen LogP contribution in [0.4, 0.5) is 0 Å². The monoisotopic (exact) mass is 187 g/mol. The zero-order valence-electron chi connectivity index (χ0n) is 8.42. The van der Waals surface area contributed by atoms with Crippen LogP contribution in [0, 0.1) is 6.92 Å². The highest BCUT2D eigenvalue weighted by atomic mass is 16.1. The molecule has 0 amide bonds. The van der Waals surface area contributed by atoms with Gasteiger partial charge in [-0.15, -0.1) is 0 Å². The number of hydrogen-bond acceptors (Lipinski definition) is 1. The van der Waals surface area contributed by atoms with Gasteiger partial charge in [0, 0.05) is 6.20 Å². The fourth-order valence-corrected chi connectivity index (χ4v) is 1.83. The molecule has 2 heteroatoms. The van der Waals surface area contributed by atoms with Gasteiger partial charge in [-0.1, -0.05) is 25.1 Å². The molecule has 0 saturated heterocycles. The standard InChI is InChI=1S/C12H13NO/c1-3-9-7-13-12(14)11-8(2)5-4-6-10(9)11/h4-7H,3H2,1-2H3,(H,13,14). The summed E-state index contributed by atoms with van der Waals surface area (Å²) in [5, 5.41) is 1.91. The predicted octanol–water partition coefficient (Wildman–Crippen LogP) is 2.40. The molecule has 0 fully saturated rings. The van der Waals surface area contributed by atoms with Crippen LogP contribution in [-0.2, 0) is 6.42 Å². The fraction of sp³-hybridized carbons (Fsp3) is 0.250. The van der Waals surface area contributed by atoms with Crippen molar-refractivity contribution in [2.24, 2.45) is 0 Å². The maximum Gasteiger partial charge on any atom is 0.256 e. The summed E-state index contributed by atoms with van der Waals surface area (Å²) in [6, 6.07) is 5.98. The molecule has 1 aromatic heterocycles. The Morgan fingerprint density at radius 3 is 2.86 bits per heavy atom. The van der Waals surface area contributed by atoms with Crippen LogP contribution in [0.25, 0.3) is 10.8 Å². The van der Waals surface area contributed by atoms with Crippen LogP contribution in [0.3, 0.4) is 0 Å². The molecule has 1 heterocycles. The van der Waals surface area contributed by atoms with Crippen molar-refractivity contribution in [3.8, 4) is 0 Å². The number of aryl methyl sites for hydroxylation is 2. The minimum atomic E-state index is 0.00954.